The van der Waals surface area contributed by atoms with E-state index in [1.54, 1.807) is 0 Å². The van der Waals surface area contributed by atoms with E-state index in [-0.39, 0.29) is 0 Å². The molecular weight excluding hydrogens is 945 g/mol. The van der Waals surface area contributed by atoms with Crippen molar-refractivity contribution >= 4 is 79.6 Å². The molecule has 0 saturated heterocycles. The summed E-state index contributed by atoms with van der Waals surface area (Å²) >= 11 is 0. The number of benzene rings is 12. The van der Waals surface area contributed by atoms with Gasteiger partial charge in [-0.15, -0.1) is 0 Å². The summed E-state index contributed by atoms with van der Waals surface area (Å²) in [6.07, 6.45) is 0. The lowest BCUT2D eigenvalue weighted by atomic mass is 10.0. The van der Waals surface area contributed by atoms with E-state index >= 15 is 0 Å². The largest absolute Gasteiger partial charge is 0.310 e. The maximum absolute atomic E-state index is 2.34. The van der Waals surface area contributed by atoms with Gasteiger partial charge in [-0.05, 0) is 109 Å². The lowest BCUT2D eigenvalue weighted by Gasteiger charge is -2.37. The van der Waals surface area contributed by atoms with Crippen LogP contribution in [0.1, 0.15) is 11.1 Å². The van der Waals surface area contributed by atoms with Gasteiger partial charge in [-0.3, -0.25) is 0 Å². The molecule has 0 radical (unpaired) electrons. The van der Waals surface area contributed by atoms with Crippen molar-refractivity contribution in [1.82, 2.24) is 8.97 Å². The minimum absolute atomic E-state index is 0.440. The van der Waals surface area contributed by atoms with Crippen molar-refractivity contribution < 1.29 is 0 Å². The van der Waals surface area contributed by atoms with E-state index in [9.17, 15) is 0 Å². The minimum Gasteiger partial charge on any atom is -0.310 e. The molecule has 0 aliphatic heterocycles. The molecule has 0 fully saturated rings. The summed E-state index contributed by atoms with van der Waals surface area (Å²) in [6, 6.07) is 119. The Labute approximate surface area is 459 Å². The predicted molar refractivity (Wildman–Crippen MR) is 331 cm³/mol. The number of para-hydroxylation sites is 6. The van der Waals surface area contributed by atoms with E-state index in [0.717, 1.165) is 79.4 Å². The normalized spacial score (nSPS) is 11.5. The molecule has 0 N–H and O–H groups in total. The second kappa shape index (κ2) is 21.8. The summed E-state index contributed by atoms with van der Waals surface area (Å²) in [6.45, 7) is 4.34. The predicted octanol–water partition coefficient (Wildman–Crippen LogP) is 21.5. The Bertz CT molecular complexity index is 3530. The quantitative estimate of drug-likeness (QED) is 0.0945. The van der Waals surface area contributed by atoms with Crippen LogP contribution in [0.25, 0.3) is 11.1 Å². The third-order valence-electron chi connectivity index (χ3n) is 15.0. The Balaban J connectivity index is 0.880. The van der Waals surface area contributed by atoms with Crippen molar-refractivity contribution in [3.05, 3.63) is 339 Å². The van der Waals surface area contributed by atoms with Crippen LogP contribution in [0.15, 0.2) is 328 Å². The number of aryl methyl sites for hydroxylation is 2. The summed E-state index contributed by atoms with van der Waals surface area (Å²) < 4.78 is 0.881. The number of anilines is 6. The van der Waals surface area contributed by atoms with Crippen LogP contribution in [0.2, 0.25) is 0 Å². The van der Waals surface area contributed by atoms with Crippen LogP contribution < -0.4 is 18.8 Å². The van der Waals surface area contributed by atoms with Gasteiger partial charge >= 0.3 is 0 Å². The van der Waals surface area contributed by atoms with Crippen LogP contribution in [0.4, 0.5) is 79.6 Å². The van der Waals surface area contributed by atoms with Crippen molar-refractivity contribution in [2.75, 3.05) is 9.80 Å². The van der Waals surface area contributed by atoms with E-state index in [0.29, 0.717) is 8.97 Å². The SMILES string of the molecule is Cc1cccc([N+](c2ccccc2)(c2ccccc2)c2ccc(N(c3ccccc3)c3ccc(-c4ccc(N(c5ccccc5)c5ccc([N+](c6ccccc6)(c6ccccc6)c6cccc(C)c6)cc5)cc4)cc3)cc2)c1. The van der Waals surface area contributed by atoms with Crippen molar-refractivity contribution in [2.24, 2.45) is 0 Å². The molecule has 0 saturated carbocycles. The number of rotatable bonds is 15. The van der Waals surface area contributed by atoms with Crippen LogP contribution in [-0.2, 0) is 0 Å². The molecule has 12 aromatic rings. The van der Waals surface area contributed by atoms with Crippen molar-refractivity contribution in [1.29, 1.82) is 0 Å². The van der Waals surface area contributed by atoms with Crippen LogP contribution in [0.3, 0.4) is 0 Å². The lowest BCUT2D eigenvalue weighted by molar-refractivity contribution is 0.703. The average molecular weight is 1010 g/mol. The fourth-order valence-electron chi connectivity index (χ4n) is 11.4. The molecule has 0 bridgehead atoms. The first kappa shape index (κ1) is 49.1. The molecule has 12 rings (SSSR count). The van der Waals surface area contributed by atoms with E-state index in [1.807, 2.05) is 0 Å². The standard InChI is InChI=1S/C74H60N4/c1-57-23-21-37-73(55-57)77(67-29-13-5-14-30-67,68-31-15-6-16-32-68)71-51-47-65(48-52-71)75(61-25-9-3-10-26-61)63-43-39-59(40-44-63)60-41-45-64(46-42-60)76(62-27-11-4-12-28-62)66-49-53-72(54-50-66)78(69-33-17-7-18-34-69,70-35-19-8-20-36-70)74-38-22-24-58(2)56-74/h3-56H,1-2H3/q+2. The Kier molecular flexibility index (Phi) is 13.7. The average Bonchev–Trinajstić information content (AvgIpc) is 3.67. The number of hydrogen-bond acceptors (Lipinski definition) is 2. The van der Waals surface area contributed by atoms with E-state index < -0.39 is 0 Å². The minimum atomic E-state index is 0.440. The summed E-state index contributed by atoms with van der Waals surface area (Å²) in [5, 5.41) is 0. The number of nitrogens with zero attached hydrogens (tertiary/aromatic N) is 4. The lowest BCUT2D eigenvalue weighted by Crippen LogP contribution is -2.33. The second-order valence-electron chi connectivity index (χ2n) is 19.8. The monoisotopic (exact) mass is 1000 g/mol. The molecule has 0 heterocycles. The number of quaternary nitrogens is 2. The van der Waals surface area contributed by atoms with Crippen LogP contribution in [0, 0.1) is 13.8 Å². The topological polar surface area (TPSA) is 6.48 Å². The zero-order valence-corrected chi connectivity index (χ0v) is 44.0. The summed E-state index contributed by atoms with van der Waals surface area (Å²) in [5.74, 6) is 0. The van der Waals surface area contributed by atoms with Gasteiger partial charge in [-0.1, -0.05) is 158 Å². The molecule has 4 nitrogen and oxygen atoms in total. The first-order valence-corrected chi connectivity index (χ1v) is 26.8. The van der Waals surface area contributed by atoms with Crippen molar-refractivity contribution in [3.8, 4) is 11.1 Å². The Morgan fingerprint density at radius 3 is 0.679 bits per heavy atom. The van der Waals surface area contributed by atoms with E-state index in [1.165, 1.54) is 22.5 Å². The fourth-order valence-corrected chi connectivity index (χ4v) is 11.4. The molecule has 12 aromatic carbocycles. The molecule has 0 aliphatic carbocycles. The molecular formula is C74H60N4+2. The zero-order chi connectivity index (χ0) is 52.7. The Morgan fingerprint density at radius 1 is 0.192 bits per heavy atom. The van der Waals surface area contributed by atoms with E-state index in [2.05, 4.69) is 351 Å². The molecule has 0 aromatic heterocycles. The molecule has 78 heavy (non-hydrogen) atoms. The maximum Gasteiger partial charge on any atom is 0.148 e. The highest BCUT2D eigenvalue weighted by Crippen LogP contribution is 2.54. The van der Waals surface area contributed by atoms with Gasteiger partial charge in [-0.25, -0.2) is 0 Å². The molecule has 0 unspecified atom stereocenters. The molecule has 4 heteroatoms. The highest BCUT2D eigenvalue weighted by molar-refractivity contribution is 5.87. The first-order valence-electron chi connectivity index (χ1n) is 26.8. The van der Waals surface area contributed by atoms with Gasteiger partial charge in [0.25, 0.3) is 0 Å². The third kappa shape index (κ3) is 9.26. The highest BCUT2D eigenvalue weighted by atomic mass is 15.4. The fraction of sp³-hybridized carbons (Fsp3) is 0.0270. The van der Waals surface area contributed by atoms with Crippen LogP contribution in [0.5, 0.6) is 0 Å². The smallest absolute Gasteiger partial charge is 0.148 e. The Hall–Kier alpha value is -9.84. The van der Waals surface area contributed by atoms with Crippen LogP contribution >= 0.6 is 0 Å². The summed E-state index contributed by atoms with van der Waals surface area (Å²) in [7, 11) is 0. The molecule has 0 atom stereocenters. The molecule has 0 amide bonds. The highest BCUT2D eigenvalue weighted by Gasteiger charge is 2.41. The van der Waals surface area contributed by atoms with Gasteiger partial charge < -0.3 is 9.80 Å². The zero-order valence-electron chi connectivity index (χ0n) is 44.0. The first-order chi connectivity index (χ1) is 38.5. The summed E-state index contributed by atoms with van der Waals surface area (Å²) in [4.78, 5) is 4.69. The van der Waals surface area contributed by atoms with Gasteiger partial charge in [-0.2, -0.15) is 8.97 Å². The van der Waals surface area contributed by atoms with Gasteiger partial charge in [0, 0.05) is 131 Å². The van der Waals surface area contributed by atoms with E-state index in [4.69, 9.17) is 0 Å². The van der Waals surface area contributed by atoms with Crippen LogP contribution in [-0.4, -0.2) is 0 Å². The van der Waals surface area contributed by atoms with Crippen molar-refractivity contribution in [2.45, 2.75) is 13.8 Å². The van der Waals surface area contributed by atoms with Gasteiger partial charge in [0.15, 0.2) is 0 Å². The Morgan fingerprint density at radius 2 is 0.410 bits per heavy atom. The molecule has 0 aliphatic rings. The second-order valence-corrected chi connectivity index (χ2v) is 19.8. The molecule has 0 spiro atoms. The van der Waals surface area contributed by atoms with Gasteiger partial charge in [0.1, 0.15) is 45.5 Å². The van der Waals surface area contributed by atoms with Gasteiger partial charge in [0.05, 0.1) is 0 Å². The number of hydrogen-bond donors (Lipinski definition) is 0. The third-order valence-corrected chi connectivity index (χ3v) is 15.0. The maximum atomic E-state index is 2.34. The van der Waals surface area contributed by atoms with Gasteiger partial charge in [0.2, 0.25) is 0 Å². The molecule has 374 valence electrons. The van der Waals surface area contributed by atoms with Crippen molar-refractivity contribution in [3.63, 3.8) is 0 Å². The summed E-state index contributed by atoms with van der Waals surface area (Å²) in [5.41, 5.74) is 20.4.